The third-order valence-corrected chi connectivity index (χ3v) is 5.67. The summed E-state index contributed by atoms with van der Waals surface area (Å²) < 4.78 is 5.50. The molecule has 2 atom stereocenters. The Morgan fingerprint density at radius 2 is 1.83 bits per heavy atom. The molecule has 3 rings (SSSR count). The van der Waals surface area contributed by atoms with Crippen molar-refractivity contribution in [1.29, 1.82) is 0 Å². The zero-order chi connectivity index (χ0) is 16.7. The molecule has 5 nitrogen and oxygen atoms in total. The van der Waals surface area contributed by atoms with E-state index in [0.29, 0.717) is 19.1 Å². The molecular weight excluding hydrogens is 292 g/mol. The van der Waals surface area contributed by atoms with Crippen LogP contribution in [0.15, 0.2) is 0 Å². The van der Waals surface area contributed by atoms with E-state index in [9.17, 15) is 9.59 Å². The van der Waals surface area contributed by atoms with Crippen molar-refractivity contribution in [2.45, 2.75) is 77.4 Å². The summed E-state index contributed by atoms with van der Waals surface area (Å²) in [5.74, 6) is 0.467. The number of ether oxygens (including phenoxy) is 1. The fourth-order valence-corrected chi connectivity index (χ4v) is 4.53. The normalized spacial score (nSPS) is 31.3. The van der Waals surface area contributed by atoms with Crippen LogP contribution in [0.25, 0.3) is 0 Å². The molecule has 0 aromatic carbocycles. The number of carbonyl (C=O) groups is 2. The molecule has 130 valence electrons. The van der Waals surface area contributed by atoms with Crippen molar-refractivity contribution in [3.8, 4) is 0 Å². The SMILES string of the molecule is CC(C)(C)OC(=O)N1C[C@H]2CCC[C@@]2(C(=O)NC2CCCC2)C1. The van der Waals surface area contributed by atoms with Crippen molar-refractivity contribution in [1.82, 2.24) is 10.2 Å². The van der Waals surface area contributed by atoms with Gasteiger partial charge in [0.25, 0.3) is 0 Å². The van der Waals surface area contributed by atoms with Gasteiger partial charge < -0.3 is 15.0 Å². The van der Waals surface area contributed by atoms with Crippen LogP contribution in [0.1, 0.15) is 65.7 Å². The summed E-state index contributed by atoms with van der Waals surface area (Å²) in [5.41, 5.74) is -0.868. The molecule has 0 bridgehead atoms. The second kappa shape index (κ2) is 5.99. The Morgan fingerprint density at radius 3 is 2.48 bits per heavy atom. The summed E-state index contributed by atoms with van der Waals surface area (Å²) in [7, 11) is 0. The van der Waals surface area contributed by atoms with Crippen molar-refractivity contribution >= 4 is 12.0 Å². The summed E-state index contributed by atoms with van der Waals surface area (Å²) in [6.07, 6.45) is 7.37. The zero-order valence-electron chi connectivity index (χ0n) is 14.7. The fraction of sp³-hybridized carbons (Fsp3) is 0.889. The van der Waals surface area contributed by atoms with Crippen molar-refractivity contribution in [2.75, 3.05) is 13.1 Å². The molecule has 2 aliphatic carbocycles. The lowest BCUT2D eigenvalue weighted by Crippen LogP contribution is -2.48. The maximum atomic E-state index is 13.0. The number of nitrogens with zero attached hydrogens (tertiary/aromatic N) is 1. The summed E-state index contributed by atoms with van der Waals surface area (Å²) in [6, 6.07) is 0.341. The quantitative estimate of drug-likeness (QED) is 0.850. The first kappa shape index (κ1) is 16.6. The lowest BCUT2D eigenvalue weighted by atomic mass is 9.79. The number of fused-ring (bicyclic) bond motifs is 1. The molecule has 1 N–H and O–H groups in total. The second-order valence-electron chi connectivity index (χ2n) is 8.56. The van der Waals surface area contributed by atoms with Crippen LogP contribution in [0.5, 0.6) is 0 Å². The molecule has 2 saturated carbocycles. The average molecular weight is 322 g/mol. The monoisotopic (exact) mass is 322 g/mol. The number of hydrogen-bond donors (Lipinski definition) is 1. The van der Waals surface area contributed by atoms with Crippen LogP contribution in [0.2, 0.25) is 0 Å². The van der Waals surface area contributed by atoms with E-state index in [4.69, 9.17) is 4.74 Å². The molecule has 0 radical (unpaired) electrons. The molecule has 5 heteroatoms. The van der Waals surface area contributed by atoms with Crippen LogP contribution in [0.4, 0.5) is 4.79 Å². The highest BCUT2D eigenvalue weighted by Crippen LogP contribution is 2.49. The van der Waals surface area contributed by atoms with Crippen LogP contribution in [-0.4, -0.2) is 41.6 Å². The Balaban J connectivity index is 1.67. The van der Waals surface area contributed by atoms with Crippen molar-refractivity contribution in [3.05, 3.63) is 0 Å². The van der Waals surface area contributed by atoms with Gasteiger partial charge in [0.05, 0.1) is 5.41 Å². The summed E-state index contributed by atoms with van der Waals surface area (Å²) in [6.45, 7) is 6.82. The minimum absolute atomic E-state index is 0.179. The largest absolute Gasteiger partial charge is 0.444 e. The first-order valence-corrected chi connectivity index (χ1v) is 9.09. The first-order valence-electron chi connectivity index (χ1n) is 9.09. The van der Waals surface area contributed by atoms with E-state index < -0.39 is 5.60 Å². The highest BCUT2D eigenvalue weighted by atomic mass is 16.6. The van der Waals surface area contributed by atoms with Crippen LogP contribution >= 0.6 is 0 Å². The molecule has 0 aromatic rings. The molecule has 0 unspecified atom stereocenters. The Hall–Kier alpha value is -1.26. The number of amides is 2. The molecule has 3 aliphatic rings. The maximum absolute atomic E-state index is 13.0. The van der Waals surface area contributed by atoms with Gasteiger partial charge in [0.1, 0.15) is 5.60 Å². The van der Waals surface area contributed by atoms with Gasteiger partial charge in [0, 0.05) is 19.1 Å². The molecule has 3 fully saturated rings. The summed E-state index contributed by atoms with van der Waals surface area (Å²) >= 11 is 0. The van der Waals surface area contributed by atoms with E-state index in [1.807, 2.05) is 20.8 Å². The molecule has 0 aromatic heterocycles. The molecule has 1 heterocycles. The molecule has 23 heavy (non-hydrogen) atoms. The first-order chi connectivity index (χ1) is 10.8. The Bertz CT molecular complexity index is 479. The lowest BCUT2D eigenvalue weighted by Gasteiger charge is -2.29. The maximum Gasteiger partial charge on any atom is 0.410 e. The number of carbonyl (C=O) groups excluding carboxylic acids is 2. The Kier molecular flexibility index (Phi) is 4.32. The van der Waals surface area contributed by atoms with Gasteiger partial charge in [-0.2, -0.15) is 0 Å². The van der Waals surface area contributed by atoms with Gasteiger partial charge in [-0.05, 0) is 52.4 Å². The van der Waals surface area contributed by atoms with Gasteiger partial charge in [-0.1, -0.05) is 19.3 Å². The van der Waals surface area contributed by atoms with Gasteiger partial charge in [-0.15, -0.1) is 0 Å². The molecule has 1 saturated heterocycles. The highest BCUT2D eigenvalue weighted by Gasteiger charge is 2.56. The predicted octanol–water partition coefficient (Wildman–Crippen LogP) is 3.08. The predicted molar refractivity (Wildman–Crippen MR) is 88.0 cm³/mol. The molecular formula is C18H30N2O3. The highest BCUT2D eigenvalue weighted by molar-refractivity contribution is 5.85. The molecule has 1 aliphatic heterocycles. The van der Waals surface area contributed by atoms with Crippen LogP contribution in [0, 0.1) is 11.3 Å². The van der Waals surface area contributed by atoms with E-state index in [1.54, 1.807) is 4.90 Å². The zero-order valence-corrected chi connectivity index (χ0v) is 14.7. The third kappa shape index (κ3) is 3.33. The number of likely N-dealkylation sites (tertiary alicyclic amines) is 1. The fourth-order valence-electron chi connectivity index (χ4n) is 4.53. The molecule has 0 spiro atoms. The topological polar surface area (TPSA) is 58.6 Å². The van der Waals surface area contributed by atoms with E-state index in [-0.39, 0.29) is 23.3 Å². The number of hydrogen-bond acceptors (Lipinski definition) is 3. The van der Waals surface area contributed by atoms with Crippen molar-refractivity contribution in [2.24, 2.45) is 11.3 Å². The summed E-state index contributed by atoms with van der Waals surface area (Å²) in [5, 5.41) is 3.27. The third-order valence-electron chi connectivity index (χ3n) is 5.67. The van der Waals surface area contributed by atoms with Crippen LogP contribution < -0.4 is 5.32 Å². The van der Waals surface area contributed by atoms with Gasteiger partial charge >= 0.3 is 6.09 Å². The van der Waals surface area contributed by atoms with Gasteiger partial charge in [0.15, 0.2) is 0 Å². The Morgan fingerprint density at radius 1 is 1.13 bits per heavy atom. The number of nitrogens with one attached hydrogen (secondary N) is 1. The smallest absolute Gasteiger partial charge is 0.410 e. The standard InChI is InChI=1S/C18H30N2O3/c1-17(2,3)23-16(22)20-11-13-7-6-10-18(13,12-20)15(21)19-14-8-4-5-9-14/h13-14H,4-12H2,1-3H3,(H,19,21)/t13-,18-/m1/s1. The van der Waals surface area contributed by atoms with Crippen LogP contribution in [-0.2, 0) is 9.53 Å². The Labute approximate surface area is 139 Å². The summed E-state index contributed by atoms with van der Waals surface area (Å²) in [4.78, 5) is 27.1. The van der Waals surface area contributed by atoms with Gasteiger partial charge in [-0.3, -0.25) is 4.79 Å². The van der Waals surface area contributed by atoms with Crippen molar-refractivity contribution < 1.29 is 14.3 Å². The van der Waals surface area contributed by atoms with Gasteiger partial charge in [0.2, 0.25) is 5.91 Å². The number of rotatable bonds is 2. The minimum atomic E-state index is -0.492. The van der Waals surface area contributed by atoms with Crippen LogP contribution in [0.3, 0.4) is 0 Å². The van der Waals surface area contributed by atoms with E-state index >= 15 is 0 Å². The molecule has 2 amide bonds. The van der Waals surface area contributed by atoms with E-state index in [1.165, 1.54) is 12.8 Å². The van der Waals surface area contributed by atoms with Crippen molar-refractivity contribution in [3.63, 3.8) is 0 Å². The van der Waals surface area contributed by atoms with E-state index in [0.717, 1.165) is 32.1 Å². The van der Waals surface area contributed by atoms with E-state index in [2.05, 4.69) is 5.32 Å². The lowest BCUT2D eigenvalue weighted by molar-refractivity contribution is -0.132. The average Bonchev–Trinajstić information content (AvgIpc) is 3.10. The second-order valence-corrected chi connectivity index (χ2v) is 8.56. The van der Waals surface area contributed by atoms with Gasteiger partial charge in [-0.25, -0.2) is 4.79 Å². The minimum Gasteiger partial charge on any atom is -0.444 e.